The molecule has 0 aliphatic carbocycles. The molecular weight excluding hydrogens is 236 g/mol. The van der Waals surface area contributed by atoms with Gasteiger partial charge in [0, 0.05) is 44.6 Å². The second-order valence-electron chi connectivity index (χ2n) is 5.71. The predicted octanol–water partition coefficient (Wildman–Crippen LogP) is 1.79. The van der Waals surface area contributed by atoms with E-state index in [1.54, 1.807) is 0 Å². The van der Waals surface area contributed by atoms with Crippen LogP contribution in [0.3, 0.4) is 0 Å². The number of pyridine rings is 1. The summed E-state index contributed by atoms with van der Waals surface area (Å²) in [5.74, 6) is 0. The highest BCUT2D eigenvalue weighted by Crippen LogP contribution is 2.21. The molecule has 104 valence electrons. The number of hydrogen-bond donors (Lipinski definition) is 1. The molecule has 0 saturated carbocycles. The highest BCUT2D eigenvalue weighted by molar-refractivity contribution is 5.42. The fourth-order valence-electron chi connectivity index (χ4n) is 3.31. The van der Waals surface area contributed by atoms with Crippen LogP contribution in [0.15, 0.2) is 18.3 Å². The van der Waals surface area contributed by atoms with E-state index in [0.29, 0.717) is 0 Å². The lowest BCUT2D eigenvalue weighted by Gasteiger charge is -2.23. The average Bonchev–Trinajstić information content (AvgIpc) is 3.09. The van der Waals surface area contributed by atoms with Gasteiger partial charge in [0.15, 0.2) is 0 Å². The van der Waals surface area contributed by atoms with E-state index < -0.39 is 0 Å². The first-order chi connectivity index (χ1) is 9.35. The maximum Gasteiger partial charge on any atom is 0.0564 e. The number of nitrogens with zero attached hydrogens (tertiary/aromatic N) is 3. The maximum atomic E-state index is 4.48. The topological polar surface area (TPSA) is 31.4 Å². The van der Waals surface area contributed by atoms with Gasteiger partial charge >= 0.3 is 0 Å². The normalized spacial score (nSPS) is 25.0. The molecule has 0 amide bonds. The van der Waals surface area contributed by atoms with Crippen LogP contribution in [0.5, 0.6) is 0 Å². The molecule has 1 N–H and O–H groups in total. The summed E-state index contributed by atoms with van der Waals surface area (Å²) in [6.07, 6.45) is 6.01. The first-order valence-corrected chi connectivity index (χ1v) is 7.44. The van der Waals surface area contributed by atoms with Crippen LogP contribution >= 0.6 is 0 Å². The molecule has 1 aromatic rings. The Morgan fingerprint density at radius 3 is 2.95 bits per heavy atom. The molecule has 2 fully saturated rings. The van der Waals surface area contributed by atoms with E-state index in [2.05, 4.69) is 26.2 Å². The van der Waals surface area contributed by atoms with Gasteiger partial charge in [0.2, 0.25) is 0 Å². The molecule has 0 spiro atoms. The molecule has 2 aliphatic heterocycles. The third kappa shape index (κ3) is 3.07. The van der Waals surface area contributed by atoms with Crippen LogP contribution in [0.4, 0.5) is 5.69 Å². The highest BCUT2D eigenvalue weighted by Gasteiger charge is 2.29. The van der Waals surface area contributed by atoms with Crippen LogP contribution in [0.25, 0.3) is 0 Å². The first-order valence-electron chi connectivity index (χ1n) is 7.44. The Labute approximate surface area is 115 Å². The van der Waals surface area contributed by atoms with Crippen molar-refractivity contribution in [3.8, 4) is 0 Å². The zero-order chi connectivity index (χ0) is 13.1. The van der Waals surface area contributed by atoms with Crippen LogP contribution in [-0.4, -0.2) is 54.1 Å². The molecule has 0 bridgehead atoms. The second kappa shape index (κ2) is 5.88. The highest BCUT2D eigenvalue weighted by atomic mass is 15.3. The molecule has 4 nitrogen and oxygen atoms in total. The third-order valence-corrected chi connectivity index (χ3v) is 4.40. The maximum absolute atomic E-state index is 4.48. The van der Waals surface area contributed by atoms with Crippen molar-refractivity contribution in [1.82, 2.24) is 14.8 Å². The van der Waals surface area contributed by atoms with E-state index in [0.717, 1.165) is 18.3 Å². The zero-order valence-electron chi connectivity index (χ0n) is 11.8. The number of rotatable bonds is 4. The summed E-state index contributed by atoms with van der Waals surface area (Å²) < 4.78 is 0. The lowest BCUT2D eigenvalue weighted by atomic mass is 10.2. The predicted molar refractivity (Wildman–Crippen MR) is 78.3 cm³/mol. The standard InChI is InChI=1S/C15H24N4/c1-16-13-4-6-17-14(10-13)11-18-9-5-15(12-18)19-7-2-3-8-19/h4,6,10,15H,2-3,5,7-9,11-12H2,1H3,(H,16,17). The quantitative estimate of drug-likeness (QED) is 0.894. The molecule has 3 rings (SSSR count). The Kier molecular flexibility index (Phi) is 3.99. The average molecular weight is 260 g/mol. The van der Waals surface area contributed by atoms with Crippen molar-refractivity contribution < 1.29 is 0 Å². The Bertz CT molecular complexity index is 414. The summed E-state index contributed by atoms with van der Waals surface area (Å²) in [6, 6.07) is 4.96. The Morgan fingerprint density at radius 2 is 2.16 bits per heavy atom. The summed E-state index contributed by atoms with van der Waals surface area (Å²) in [5, 5.41) is 3.18. The van der Waals surface area contributed by atoms with E-state index in [-0.39, 0.29) is 0 Å². The second-order valence-corrected chi connectivity index (χ2v) is 5.71. The summed E-state index contributed by atoms with van der Waals surface area (Å²) in [4.78, 5) is 9.70. The van der Waals surface area contributed by atoms with Crippen LogP contribution in [0.1, 0.15) is 25.0 Å². The number of aromatic nitrogens is 1. The molecule has 1 aromatic heterocycles. The van der Waals surface area contributed by atoms with Gasteiger partial charge in [0.05, 0.1) is 5.69 Å². The van der Waals surface area contributed by atoms with Crippen molar-refractivity contribution in [2.24, 2.45) is 0 Å². The van der Waals surface area contributed by atoms with Gasteiger partial charge in [-0.1, -0.05) is 0 Å². The monoisotopic (exact) mass is 260 g/mol. The molecule has 0 radical (unpaired) electrons. The summed E-state index contributed by atoms with van der Waals surface area (Å²) in [7, 11) is 1.96. The Balaban J connectivity index is 1.56. The zero-order valence-corrected chi connectivity index (χ0v) is 11.8. The van der Waals surface area contributed by atoms with E-state index in [9.17, 15) is 0 Å². The molecule has 2 saturated heterocycles. The molecule has 3 heterocycles. The van der Waals surface area contributed by atoms with Gasteiger partial charge in [-0.25, -0.2) is 0 Å². The molecule has 4 heteroatoms. The molecule has 1 unspecified atom stereocenters. The smallest absolute Gasteiger partial charge is 0.0564 e. The van der Waals surface area contributed by atoms with Gasteiger partial charge in [-0.05, 0) is 44.5 Å². The van der Waals surface area contributed by atoms with Crippen molar-refractivity contribution in [3.63, 3.8) is 0 Å². The number of likely N-dealkylation sites (tertiary alicyclic amines) is 2. The van der Waals surface area contributed by atoms with Crippen molar-refractivity contribution >= 4 is 5.69 Å². The van der Waals surface area contributed by atoms with Gasteiger partial charge in [-0.2, -0.15) is 0 Å². The minimum absolute atomic E-state index is 0.787. The SMILES string of the molecule is CNc1ccnc(CN2CCC(N3CCCC3)C2)c1. The Morgan fingerprint density at radius 1 is 1.32 bits per heavy atom. The van der Waals surface area contributed by atoms with Crippen LogP contribution < -0.4 is 5.32 Å². The van der Waals surface area contributed by atoms with E-state index in [1.165, 1.54) is 51.1 Å². The van der Waals surface area contributed by atoms with E-state index >= 15 is 0 Å². The van der Waals surface area contributed by atoms with E-state index in [4.69, 9.17) is 0 Å². The van der Waals surface area contributed by atoms with Crippen molar-refractivity contribution in [1.29, 1.82) is 0 Å². The lowest BCUT2D eigenvalue weighted by Crippen LogP contribution is -2.35. The van der Waals surface area contributed by atoms with Gasteiger partial charge in [-0.15, -0.1) is 0 Å². The van der Waals surface area contributed by atoms with Crippen molar-refractivity contribution in [2.75, 3.05) is 38.5 Å². The van der Waals surface area contributed by atoms with Crippen LogP contribution in [0.2, 0.25) is 0 Å². The van der Waals surface area contributed by atoms with Gasteiger partial charge < -0.3 is 5.32 Å². The minimum atomic E-state index is 0.787. The summed E-state index contributed by atoms with van der Waals surface area (Å²) in [6.45, 7) is 6.04. The molecule has 1 atom stereocenters. The van der Waals surface area contributed by atoms with Crippen LogP contribution in [0, 0.1) is 0 Å². The molecule has 2 aliphatic rings. The summed E-state index contributed by atoms with van der Waals surface area (Å²) >= 11 is 0. The fraction of sp³-hybridized carbons (Fsp3) is 0.667. The van der Waals surface area contributed by atoms with Crippen molar-refractivity contribution in [3.05, 3.63) is 24.0 Å². The third-order valence-electron chi connectivity index (χ3n) is 4.40. The van der Waals surface area contributed by atoms with Crippen LogP contribution in [-0.2, 0) is 6.54 Å². The molecule has 0 aromatic carbocycles. The number of hydrogen-bond acceptors (Lipinski definition) is 4. The molecule has 19 heavy (non-hydrogen) atoms. The Hall–Kier alpha value is -1.13. The minimum Gasteiger partial charge on any atom is -0.388 e. The van der Waals surface area contributed by atoms with Gasteiger partial charge in [0.1, 0.15) is 0 Å². The number of nitrogens with one attached hydrogen (secondary N) is 1. The fourth-order valence-corrected chi connectivity index (χ4v) is 3.31. The first kappa shape index (κ1) is 12.9. The molecular formula is C15H24N4. The number of anilines is 1. The summed E-state index contributed by atoms with van der Waals surface area (Å²) in [5.41, 5.74) is 2.33. The van der Waals surface area contributed by atoms with Crippen molar-refractivity contribution in [2.45, 2.75) is 31.8 Å². The largest absolute Gasteiger partial charge is 0.388 e. The van der Waals surface area contributed by atoms with Gasteiger partial charge in [0.25, 0.3) is 0 Å². The van der Waals surface area contributed by atoms with E-state index in [1.807, 2.05) is 19.3 Å². The van der Waals surface area contributed by atoms with Gasteiger partial charge in [-0.3, -0.25) is 14.8 Å². The lowest BCUT2D eigenvalue weighted by molar-refractivity contribution is 0.229.